The van der Waals surface area contributed by atoms with E-state index in [-0.39, 0.29) is 6.04 Å². The molecule has 3 heteroatoms. The minimum atomic E-state index is 0.224. The highest BCUT2D eigenvalue weighted by molar-refractivity contribution is 5.20. The van der Waals surface area contributed by atoms with Crippen molar-refractivity contribution in [2.24, 2.45) is 5.73 Å². The summed E-state index contributed by atoms with van der Waals surface area (Å²) in [6.07, 6.45) is 4.05. The van der Waals surface area contributed by atoms with Gasteiger partial charge in [-0.15, -0.1) is 0 Å². The first kappa shape index (κ1) is 15.2. The Kier molecular flexibility index (Phi) is 4.86. The van der Waals surface area contributed by atoms with Gasteiger partial charge in [0.1, 0.15) is 0 Å². The van der Waals surface area contributed by atoms with E-state index in [2.05, 4.69) is 53.2 Å². The molecule has 1 aromatic heterocycles. The normalized spacial score (nSPS) is 22.6. The van der Waals surface area contributed by atoms with Crippen molar-refractivity contribution in [2.75, 3.05) is 19.6 Å². The molecule has 0 amide bonds. The van der Waals surface area contributed by atoms with Crippen LogP contribution in [0, 0.1) is 6.92 Å². The van der Waals surface area contributed by atoms with Gasteiger partial charge in [-0.25, -0.2) is 0 Å². The van der Waals surface area contributed by atoms with Gasteiger partial charge in [-0.2, -0.15) is 0 Å². The summed E-state index contributed by atoms with van der Waals surface area (Å²) in [5.41, 5.74) is 10.2. The number of aromatic nitrogens is 1. The number of hydrogen-bond donors (Lipinski definition) is 1. The van der Waals surface area contributed by atoms with E-state index in [0.29, 0.717) is 5.92 Å². The molecule has 2 aromatic rings. The maximum Gasteiger partial charge on any atom is 0.0465 e. The highest BCUT2D eigenvalue weighted by atomic mass is 15.1. The summed E-state index contributed by atoms with van der Waals surface area (Å²) < 4.78 is 0. The molecule has 2 atom stereocenters. The fraction of sp³-hybridized carbons (Fsp3) is 0.421. The maximum atomic E-state index is 6.36. The third-order valence-corrected chi connectivity index (χ3v) is 4.63. The Morgan fingerprint density at radius 3 is 2.82 bits per heavy atom. The zero-order valence-electron chi connectivity index (χ0n) is 13.3. The molecular formula is C19H25N3. The molecule has 1 saturated heterocycles. The molecule has 0 aliphatic carbocycles. The van der Waals surface area contributed by atoms with E-state index in [1.807, 2.05) is 12.3 Å². The van der Waals surface area contributed by atoms with Gasteiger partial charge in [0.15, 0.2) is 0 Å². The third kappa shape index (κ3) is 3.73. The predicted octanol–water partition coefficient (Wildman–Crippen LogP) is 2.75. The Balaban J connectivity index is 1.63. The van der Waals surface area contributed by atoms with Crippen molar-refractivity contribution in [3.8, 4) is 0 Å². The van der Waals surface area contributed by atoms with Gasteiger partial charge >= 0.3 is 0 Å². The van der Waals surface area contributed by atoms with Crippen LogP contribution in [0.15, 0.2) is 48.7 Å². The zero-order chi connectivity index (χ0) is 15.4. The summed E-state index contributed by atoms with van der Waals surface area (Å²) >= 11 is 0. The van der Waals surface area contributed by atoms with E-state index >= 15 is 0 Å². The van der Waals surface area contributed by atoms with Gasteiger partial charge in [0.05, 0.1) is 0 Å². The van der Waals surface area contributed by atoms with Crippen molar-refractivity contribution < 1.29 is 0 Å². The van der Waals surface area contributed by atoms with Gasteiger partial charge in [0.2, 0.25) is 0 Å². The Labute approximate surface area is 133 Å². The van der Waals surface area contributed by atoms with Crippen LogP contribution in [0.2, 0.25) is 0 Å². The average molecular weight is 295 g/mol. The number of pyridine rings is 1. The van der Waals surface area contributed by atoms with E-state index in [0.717, 1.165) is 38.2 Å². The van der Waals surface area contributed by atoms with Crippen LogP contribution in [0.4, 0.5) is 0 Å². The van der Waals surface area contributed by atoms with Crippen LogP contribution >= 0.6 is 0 Å². The average Bonchev–Trinajstić information content (AvgIpc) is 2.55. The van der Waals surface area contributed by atoms with Gasteiger partial charge in [0.25, 0.3) is 0 Å². The van der Waals surface area contributed by atoms with E-state index in [9.17, 15) is 0 Å². The lowest BCUT2D eigenvalue weighted by molar-refractivity contribution is 0.190. The minimum absolute atomic E-state index is 0.224. The van der Waals surface area contributed by atoms with E-state index in [1.165, 1.54) is 11.1 Å². The molecule has 1 aliphatic heterocycles. The summed E-state index contributed by atoms with van der Waals surface area (Å²) in [5.74, 6) is 0.351. The van der Waals surface area contributed by atoms with Crippen LogP contribution in [0.25, 0.3) is 0 Å². The molecule has 2 heterocycles. The van der Waals surface area contributed by atoms with Gasteiger partial charge in [-0.3, -0.25) is 4.98 Å². The Hall–Kier alpha value is -1.71. The number of nitrogens with zero attached hydrogens (tertiary/aromatic N) is 2. The molecule has 116 valence electrons. The fourth-order valence-corrected chi connectivity index (χ4v) is 3.25. The lowest BCUT2D eigenvalue weighted by Crippen LogP contribution is -2.46. The van der Waals surface area contributed by atoms with Gasteiger partial charge in [0, 0.05) is 36.9 Å². The summed E-state index contributed by atoms with van der Waals surface area (Å²) in [6.45, 7) is 5.33. The molecule has 22 heavy (non-hydrogen) atoms. The van der Waals surface area contributed by atoms with E-state index in [1.54, 1.807) is 0 Å². The summed E-state index contributed by atoms with van der Waals surface area (Å²) in [6, 6.07) is 15.2. The van der Waals surface area contributed by atoms with Crippen LogP contribution in [-0.4, -0.2) is 35.6 Å². The number of aryl methyl sites for hydroxylation is 1. The molecule has 2 N–H and O–H groups in total. The molecular weight excluding hydrogens is 270 g/mol. The number of nitrogens with two attached hydrogens (primary N) is 1. The SMILES string of the molecule is Cc1ccnc(C2CN(CCc3ccccc3)CCC2N)c1. The smallest absolute Gasteiger partial charge is 0.0465 e. The first-order chi connectivity index (χ1) is 10.7. The van der Waals surface area contributed by atoms with Gasteiger partial charge < -0.3 is 10.6 Å². The standard InChI is InChI=1S/C19H25N3/c1-15-7-10-21-19(13-15)17-14-22(12-9-18(17)20)11-8-16-5-3-2-4-6-16/h2-7,10,13,17-18H,8-9,11-12,14,20H2,1H3. The first-order valence-corrected chi connectivity index (χ1v) is 8.17. The quantitative estimate of drug-likeness (QED) is 0.943. The topological polar surface area (TPSA) is 42.2 Å². The molecule has 0 spiro atoms. The van der Waals surface area contributed by atoms with Crippen molar-refractivity contribution in [3.05, 3.63) is 65.5 Å². The predicted molar refractivity (Wildman–Crippen MR) is 90.9 cm³/mol. The third-order valence-electron chi connectivity index (χ3n) is 4.63. The highest BCUT2D eigenvalue weighted by Gasteiger charge is 2.28. The van der Waals surface area contributed by atoms with Crippen molar-refractivity contribution in [1.82, 2.24) is 9.88 Å². The second kappa shape index (κ2) is 7.03. The van der Waals surface area contributed by atoms with Gasteiger partial charge in [-0.05, 0) is 49.6 Å². The summed E-state index contributed by atoms with van der Waals surface area (Å²) in [5, 5.41) is 0. The Morgan fingerprint density at radius 1 is 1.23 bits per heavy atom. The first-order valence-electron chi connectivity index (χ1n) is 8.17. The molecule has 1 aliphatic rings. The summed E-state index contributed by atoms with van der Waals surface area (Å²) in [4.78, 5) is 7.09. The lowest BCUT2D eigenvalue weighted by Gasteiger charge is -2.36. The van der Waals surface area contributed by atoms with Crippen LogP contribution in [-0.2, 0) is 6.42 Å². The fourth-order valence-electron chi connectivity index (χ4n) is 3.25. The minimum Gasteiger partial charge on any atom is -0.327 e. The molecule has 3 rings (SSSR count). The van der Waals surface area contributed by atoms with E-state index < -0.39 is 0 Å². The summed E-state index contributed by atoms with van der Waals surface area (Å²) in [7, 11) is 0. The molecule has 1 fully saturated rings. The molecule has 0 radical (unpaired) electrons. The van der Waals surface area contributed by atoms with Crippen molar-refractivity contribution in [3.63, 3.8) is 0 Å². The Bertz CT molecular complexity index is 597. The largest absolute Gasteiger partial charge is 0.327 e. The monoisotopic (exact) mass is 295 g/mol. The molecule has 0 bridgehead atoms. The van der Waals surface area contributed by atoms with E-state index in [4.69, 9.17) is 5.73 Å². The number of piperidine rings is 1. The Morgan fingerprint density at radius 2 is 2.05 bits per heavy atom. The molecule has 0 saturated carbocycles. The van der Waals surface area contributed by atoms with Crippen LogP contribution in [0.3, 0.4) is 0 Å². The zero-order valence-corrected chi connectivity index (χ0v) is 13.3. The van der Waals surface area contributed by atoms with Gasteiger partial charge in [-0.1, -0.05) is 30.3 Å². The molecule has 3 nitrogen and oxygen atoms in total. The maximum absolute atomic E-state index is 6.36. The number of likely N-dealkylation sites (tertiary alicyclic amines) is 1. The highest BCUT2D eigenvalue weighted by Crippen LogP contribution is 2.25. The van der Waals surface area contributed by atoms with Crippen LogP contribution in [0.5, 0.6) is 0 Å². The second-order valence-electron chi connectivity index (χ2n) is 6.35. The number of hydrogen-bond acceptors (Lipinski definition) is 3. The van der Waals surface area contributed by atoms with Crippen molar-refractivity contribution >= 4 is 0 Å². The van der Waals surface area contributed by atoms with Crippen LogP contribution < -0.4 is 5.73 Å². The lowest BCUT2D eigenvalue weighted by atomic mass is 9.89. The number of benzene rings is 1. The van der Waals surface area contributed by atoms with Crippen molar-refractivity contribution in [1.29, 1.82) is 0 Å². The molecule has 1 aromatic carbocycles. The number of rotatable bonds is 4. The molecule has 2 unspecified atom stereocenters. The van der Waals surface area contributed by atoms with Crippen LogP contribution in [0.1, 0.15) is 29.2 Å². The van der Waals surface area contributed by atoms with Crippen molar-refractivity contribution in [2.45, 2.75) is 31.7 Å². The second-order valence-corrected chi connectivity index (χ2v) is 6.35.